The van der Waals surface area contributed by atoms with Gasteiger partial charge in [-0.1, -0.05) is 96.1 Å². The zero-order chi connectivity index (χ0) is 28.8. The summed E-state index contributed by atoms with van der Waals surface area (Å²) < 4.78 is 0. The van der Waals surface area contributed by atoms with Gasteiger partial charge < -0.3 is 0 Å². The summed E-state index contributed by atoms with van der Waals surface area (Å²) in [7, 11) is -1.91. The highest BCUT2D eigenvalue weighted by atomic mass is 31.2. The third kappa shape index (κ3) is 5.98. The van der Waals surface area contributed by atoms with E-state index in [4.69, 9.17) is 0 Å². The van der Waals surface area contributed by atoms with E-state index in [9.17, 15) is 9.59 Å². The zero-order valence-corrected chi connectivity index (χ0v) is 25.0. The molecule has 2 nitrogen and oxygen atoms in total. The Kier molecular flexibility index (Phi) is 9.13. The SMILES string of the molecule is CC(C=CC1=C(C)C(=O)C(=O)C1(C)C)=CC=CC(C)=CC[P+](c1ccccc1)(c1ccccc1)c1ccccc1. The third-order valence-corrected chi connectivity index (χ3v) is 12.0. The van der Waals surface area contributed by atoms with Crippen LogP contribution in [0, 0.1) is 5.41 Å². The first-order chi connectivity index (χ1) is 19.2. The lowest BCUT2D eigenvalue weighted by Gasteiger charge is -2.26. The highest BCUT2D eigenvalue weighted by Crippen LogP contribution is 2.55. The Morgan fingerprint density at radius 2 is 1.20 bits per heavy atom. The van der Waals surface area contributed by atoms with Crippen LogP contribution in [0.15, 0.2) is 150 Å². The van der Waals surface area contributed by atoms with Gasteiger partial charge in [-0.25, -0.2) is 0 Å². The van der Waals surface area contributed by atoms with Crippen molar-refractivity contribution < 1.29 is 9.59 Å². The number of rotatable bonds is 9. The average Bonchev–Trinajstić information content (AvgIpc) is 3.12. The molecule has 40 heavy (non-hydrogen) atoms. The van der Waals surface area contributed by atoms with Crippen LogP contribution in [0.3, 0.4) is 0 Å². The second-order valence-corrected chi connectivity index (χ2v) is 14.4. The molecule has 202 valence electrons. The van der Waals surface area contributed by atoms with E-state index in [0.29, 0.717) is 5.57 Å². The summed E-state index contributed by atoms with van der Waals surface area (Å²) in [4.78, 5) is 24.4. The molecule has 0 saturated heterocycles. The Morgan fingerprint density at radius 1 is 0.725 bits per heavy atom. The minimum atomic E-state index is -1.91. The lowest BCUT2D eigenvalue weighted by Crippen LogP contribution is -2.33. The highest BCUT2D eigenvalue weighted by Gasteiger charge is 2.45. The van der Waals surface area contributed by atoms with E-state index in [-0.39, 0.29) is 11.6 Å². The Hall–Kier alpha value is -3.87. The van der Waals surface area contributed by atoms with E-state index in [2.05, 4.69) is 122 Å². The van der Waals surface area contributed by atoms with Gasteiger partial charge in [0.2, 0.25) is 11.6 Å². The Labute approximate surface area is 239 Å². The predicted molar refractivity (Wildman–Crippen MR) is 172 cm³/mol. The van der Waals surface area contributed by atoms with Crippen LogP contribution in [0.25, 0.3) is 0 Å². The van der Waals surface area contributed by atoms with Crippen LogP contribution in [-0.2, 0) is 9.59 Å². The molecule has 0 heterocycles. The molecule has 3 aromatic rings. The third-order valence-electron chi connectivity index (χ3n) is 7.70. The van der Waals surface area contributed by atoms with E-state index in [0.717, 1.165) is 17.3 Å². The first-order valence-corrected chi connectivity index (χ1v) is 15.7. The average molecular weight is 546 g/mol. The van der Waals surface area contributed by atoms with Gasteiger partial charge >= 0.3 is 0 Å². The lowest BCUT2D eigenvalue weighted by atomic mass is 9.84. The summed E-state index contributed by atoms with van der Waals surface area (Å²) in [5.41, 5.74) is 2.84. The number of carbonyl (C=O) groups is 2. The van der Waals surface area contributed by atoms with E-state index in [1.165, 1.54) is 21.5 Å². The minimum Gasteiger partial charge on any atom is -0.289 e. The number of hydrogen-bond donors (Lipinski definition) is 0. The normalized spacial score (nSPS) is 16.5. The molecule has 1 aliphatic rings. The molecule has 0 fully saturated rings. The second-order valence-electron chi connectivity index (χ2n) is 10.9. The van der Waals surface area contributed by atoms with E-state index in [1.807, 2.05) is 32.9 Å². The van der Waals surface area contributed by atoms with Crippen LogP contribution < -0.4 is 15.9 Å². The number of Topliss-reactive ketones (excluding diaryl/α,β-unsaturated/α-hetero) is 2. The first-order valence-electron chi connectivity index (χ1n) is 13.7. The molecular weight excluding hydrogens is 507 g/mol. The Balaban J connectivity index is 1.61. The van der Waals surface area contributed by atoms with Crippen molar-refractivity contribution in [3.05, 3.63) is 150 Å². The van der Waals surface area contributed by atoms with E-state index >= 15 is 0 Å². The van der Waals surface area contributed by atoms with Crippen LogP contribution in [-0.4, -0.2) is 17.7 Å². The molecule has 0 radical (unpaired) electrons. The van der Waals surface area contributed by atoms with Crippen molar-refractivity contribution in [1.82, 2.24) is 0 Å². The van der Waals surface area contributed by atoms with Crippen LogP contribution in [0.5, 0.6) is 0 Å². The fraction of sp³-hybridized carbons (Fsp3) is 0.189. The molecule has 0 amide bonds. The van der Waals surface area contributed by atoms with Gasteiger partial charge in [0.05, 0.1) is 11.6 Å². The molecule has 0 saturated carbocycles. The highest BCUT2D eigenvalue weighted by molar-refractivity contribution is 7.95. The number of allylic oxidation sites excluding steroid dienone is 10. The predicted octanol–water partition coefficient (Wildman–Crippen LogP) is 7.48. The lowest BCUT2D eigenvalue weighted by molar-refractivity contribution is -0.137. The van der Waals surface area contributed by atoms with Crippen molar-refractivity contribution in [3.63, 3.8) is 0 Å². The van der Waals surface area contributed by atoms with E-state index < -0.39 is 12.7 Å². The molecule has 0 unspecified atom stereocenters. The monoisotopic (exact) mass is 545 g/mol. The zero-order valence-electron chi connectivity index (χ0n) is 24.1. The van der Waals surface area contributed by atoms with E-state index in [1.54, 1.807) is 6.92 Å². The summed E-state index contributed by atoms with van der Waals surface area (Å²) in [6.45, 7) is 9.56. The molecule has 0 bridgehead atoms. The summed E-state index contributed by atoms with van der Waals surface area (Å²) >= 11 is 0. The van der Waals surface area contributed by atoms with Crippen LogP contribution in [0.4, 0.5) is 0 Å². The molecule has 1 aliphatic carbocycles. The number of carbonyl (C=O) groups excluding carboxylic acids is 2. The van der Waals surface area contributed by atoms with Gasteiger partial charge in [-0.2, -0.15) is 0 Å². The van der Waals surface area contributed by atoms with Gasteiger partial charge in [-0.05, 0) is 82.7 Å². The maximum Gasteiger partial charge on any atom is 0.225 e. The van der Waals surface area contributed by atoms with Gasteiger partial charge in [0, 0.05) is 5.57 Å². The number of ketones is 2. The van der Waals surface area contributed by atoms with Gasteiger partial charge in [0.15, 0.2) is 0 Å². The van der Waals surface area contributed by atoms with Crippen molar-refractivity contribution in [2.24, 2.45) is 5.41 Å². The molecular formula is C37H38O2P+. The Bertz CT molecular complexity index is 1420. The summed E-state index contributed by atoms with van der Waals surface area (Å²) in [5, 5.41) is 4.12. The van der Waals surface area contributed by atoms with Gasteiger partial charge in [0.1, 0.15) is 23.2 Å². The molecule has 0 aliphatic heterocycles. The molecule has 4 rings (SSSR count). The quantitative estimate of drug-likeness (QED) is 0.159. The molecule has 0 aromatic heterocycles. The summed E-state index contributed by atoms with van der Waals surface area (Å²) in [6.07, 6.45) is 13.5. The van der Waals surface area contributed by atoms with Crippen LogP contribution >= 0.6 is 7.26 Å². The fourth-order valence-electron chi connectivity index (χ4n) is 5.28. The minimum absolute atomic E-state index is 0.327. The first kappa shape index (κ1) is 29.1. The molecule has 0 N–H and O–H groups in total. The van der Waals surface area contributed by atoms with Crippen molar-refractivity contribution in [2.75, 3.05) is 6.16 Å². The smallest absolute Gasteiger partial charge is 0.225 e. The van der Waals surface area contributed by atoms with Gasteiger partial charge in [-0.15, -0.1) is 0 Å². The largest absolute Gasteiger partial charge is 0.289 e. The summed E-state index contributed by atoms with van der Waals surface area (Å²) in [5.74, 6) is -0.695. The number of benzene rings is 3. The second kappa shape index (κ2) is 12.5. The molecule has 0 spiro atoms. The fourth-order valence-corrected chi connectivity index (χ4v) is 9.41. The van der Waals surface area contributed by atoms with Gasteiger partial charge in [-0.3, -0.25) is 9.59 Å². The van der Waals surface area contributed by atoms with Crippen molar-refractivity contribution in [2.45, 2.75) is 34.6 Å². The maximum atomic E-state index is 12.3. The molecule has 3 heteroatoms. The molecule has 3 aromatic carbocycles. The van der Waals surface area contributed by atoms with Crippen molar-refractivity contribution in [3.8, 4) is 0 Å². The van der Waals surface area contributed by atoms with Crippen molar-refractivity contribution >= 4 is 34.7 Å². The standard InChI is InChI=1S/C37H38O2P/c1-28(24-25-34-30(3)35(38)36(39)37(34,4)5)16-15-17-29(2)26-27-40(31-18-9-6-10-19-31,32-20-11-7-12-21-32)33-22-13-8-14-23-33/h6-26H,27H2,1-5H3/q+1. The molecule has 0 atom stereocenters. The van der Waals surface area contributed by atoms with Crippen molar-refractivity contribution in [1.29, 1.82) is 0 Å². The number of hydrogen-bond acceptors (Lipinski definition) is 2. The maximum absolute atomic E-state index is 12.3. The summed E-state index contributed by atoms with van der Waals surface area (Å²) in [6, 6.07) is 32.7. The van der Waals surface area contributed by atoms with Crippen LogP contribution in [0.2, 0.25) is 0 Å². The van der Waals surface area contributed by atoms with Gasteiger partial charge in [0.25, 0.3) is 0 Å². The topological polar surface area (TPSA) is 34.1 Å². The Morgan fingerprint density at radius 3 is 1.62 bits per heavy atom. The van der Waals surface area contributed by atoms with Crippen LogP contribution in [0.1, 0.15) is 34.6 Å².